The van der Waals surface area contributed by atoms with Gasteiger partial charge in [0.15, 0.2) is 0 Å². The van der Waals surface area contributed by atoms with E-state index in [1.165, 1.54) is 0 Å². The average Bonchev–Trinajstić information content (AvgIpc) is 2.98. The van der Waals surface area contributed by atoms with Crippen molar-refractivity contribution in [1.29, 1.82) is 0 Å². The normalized spacial score (nSPS) is 24.7. The molecule has 0 aromatic heterocycles. The molecule has 1 aromatic carbocycles. The third kappa shape index (κ3) is 2.22. The van der Waals surface area contributed by atoms with Gasteiger partial charge in [-0.1, -0.05) is 30.3 Å². The maximum atomic E-state index is 12.2. The Kier molecular flexibility index (Phi) is 3.29. The van der Waals surface area contributed by atoms with E-state index in [1.54, 1.807) is 13.8 Å². The second-order valence-electron chi connectivity index (χ2n) is 5.35. The zero-order valence-electron chi connectivity index (χ0n) is 11.8. The van der Waals surface area contributed by atoms with Gasteiger partial charge in [0.2, 0.25) is 11.8 Å². The van der Waals surface area contributed by atoms with Gasteiger partial charge in [-0.3, -0.25) is 9.59 Å². The highest BCUT2D eigenvalue weighted by atomic mass is 16.2. The SMILES string of the molecule is CC1=NNC(=O)[C@@H]1C(c1ccccc1)[C@H]1C(=O)NN=C1C. The summed E-state index contributed by atoms with van der Waals surface area (Å²) in [4.78, 5) is 24.3. The van der Waals surface area contributed by atoms with Gasteiger partial charge in [-0.15, -0.1) is 0 Å². The van der Waals surface area contributed by atoms with Crippen molar-refractivity contribution in [3.63, 3.8) is 0 Å². The summed E-state index contributed by atoms with van der Waals surface area (Å²) in [5, 5.41) is 8.02. The second-order valence-corrected chi connectivity index (χ2v) is 5.35. The van der Waals surface area contributed by atoms with E-state index in [4.69, 9.17) is 0 Å². The Balaban J connectivity index is 2.08. The molecule has 0 radical (unpaired) electrons. The number of amides is 2. The van der Waals surface area contributed by atoms with Crippen LogP contribution >= 0.6 is 0 Å². The molecule has 2 aliphatic rings. The number of nitrogens with zero attached hydrogens (tertiary/aromatic N) is 2. The summed E-state index contributed by atoms with van der Waals surface area (Å²) in [5.41, 5.74) is 7.33. The molecule has 1 aromatic rings. The van der Waals surface area contributed by atoms with Gasteiger partial charge in [0.25, 0.3) is 0 Å². The first-order chi connectivity index (χ1) is 10.1. The average molecular weight is 284 g/mol. The third-order valence-corrected chi connectivity index (χ3v) is 4.05. The number of carbonyl (C=O) groups is 2. The molecule has 3 rings (SSSR count). The minimum Gasteiger partial charge on any atom is -0.272 e. The standard InChI is InChI=1S/C15H16N4O2/c1-8-11(14(20)18-16-8)13(10-6-4-3-5-7-10)12-9(2)17-19-15(12)21/h3-7,11-13H,1-2H3,(H,18,20)(H,19,21)/t11-,12-/m0/s1. The Morgan fingerprint density at radius 1 is 0.905 bits per heavy atom. The summed E-state index contributed by atoms with van der Waals surface area (Å²) in [7, 11) is 0. The molecule has 0 fully saturated rings. The first-order valence-corrected chi connectivity index (χ1v) is 6.82. The number of hydrogen-bond donors (Lipinski definition) is 2. The monoisotopic (exact) mass is 284 g/mol. The Bertz CT molecular complexity index is 613. The van der Waals surface area contributed by atoms with Gasteiger partial charge < -0.3 is 0 Å². The van der Waals surface area contributed by atoms with Crippen LogP contribution in [0.4, 0.5) is 0 Å². The molecule has 108 valence electrons. The molecule has 6 nitrogen and oxygen atoms in total. The molecular formula is C15H16N4O2. The lowest BCUT2D eigenvalue weighted by molar-refractivity contribution is -0.124. The predicted molar refractivity (Wildman–Crippen MR) is 78.7 cm³/mol. The van der Waals surface area contributed by atoms with Gasteiger partial charge in [-0.25, -0.2) is 10.9 Å². The summed E-state index contributed by atoms with van der Waals surface area (Å²) in [6, 6.07) is 9.58. The molecule has 2 N–H and O–H groups in total. The summed E-state index contributed by atoms with van der Waals surface area (Å²) >= 11 is 0. The zero-order chi connectivity index (χ0) is 15.0. The topological polar surface area (TPSA) is 82.9 Å². The molecule has 6 heteroatoms. The van der Waals surface area contributed by atoms with Crippen LogP contribution in [0.15, 0.2) is 40.5 Å². The maximum absolute atomic E-state index is 12.2. The first kappa shape index (κ1) is 13.5. The minimum absolute atomic E-state index is 0.172. The molecule has 0 saturated carbocycles. The molecule has 0 saturated heterocycles. The summed E-state index contributed by atoms with van der Waals surface area (Å²) in [5.74, 6) is -1.55. The molecule has 2 amide bonds. The van der Waals surface area contributed by atoms with Crippen LogP contribution in [0.5, 0.6) is 0 Å². The number of carbonyl (C=O) groups excluding carboxylic acids is 2. The fraction of sp³-hybridized carbons (Fsp3) is 0.333. The summed E-state index contributed by atoms with van der Waals surface area (Å²) in [6.07, 6.45) is 0. The van der Waals surface area contributed by atoms with Crippen LogP contribution in [-0.4, -0.2) is 23.2 Å². The Labute approximate surface area is 122 Å². The first-order valence-electron chi connectivity index (χ1n) is 6.82. The number of rotatable bonds is 3. The van der Waals surface area contributed by atoms with E-state index in [9.17, 15) is 9.59 Å². The van der Waals surface area contributed by atoms with E-state index < -0.39 is 11.8 Å². The third-order valence-electron chi connectivity index (χ3n) is 4.05. The lowest BCUT2D eigenvalue weighted by Gasteiger charge is -2.26. The minimum atomic E-state index is -0.452. The van der Waals surface area contributed by atoms with E-state index in [2.05, 4.69) is 21.1 Å². The quantitative estimate of drug-likeness (QED) is 0.868. The highest BCUT2D eigenvalue weighted by molar-refractivity contribution is 6.12. The van der Waals surface area contributed by atoms with Crippen LogP contribution in [0.25, 0.3) is 0 Å². The lowest BCUT2D eigenvalue weighted by atomic mass is 9.73. The number of benzene rings is 1. The number of nitrogens with one attached hydrogen (secondary N) is 2. The fourth-order valence-corrected chi connectivity index (χ4v) is 3.04. The smallest absolute Gasteiger partial charge is 0.249 e. The van der Waals surface area contributed by atoms with Crippen molar-refractivity contribution in [2.75, 3.05) is 0 Å². The van der Waals surface area contributed by atoms with Crippen LogP contribution in [0.3, 0.4) is 0 Å². The van der Waals surface area contributed by atoms with Gasteiger partial charge in [0.05, 0.1) is 11.8 Å². The van der Waals surface area contributed by atoms with E-state index in [1.807, 2.05) is 30.3 Å². The van der Waals surface area contributed by atoms with Crippen LogP contribution in [0, 0.1) is 11.8 Å². The van der Waals surface area contributed by atoms with Gasteiger partial charge >= 0.3 is 0 Å². The van der Waals surface area contributed by atoms with Crippen LogP contribution in [0.2, 0.25) is 0 Å². The predicted octanol–water partition coefficient (Wildman–Crippen LogP) is 1.01. The number of hydrogen-bond acceptors (Lipinski definition) is 4. The maximum Gasteiger partial charge on any atom is 0.249 e. The Hall–Kier alpha value is -2.50. The van der Waals surface area contributed by atoms with Crippen molar-refractivity contribution in [3.05, 3.63) is 35.9 Å². The molecule has 2 atom stereocenters. The van der Waals surface area contributed by atoms with Gasteiger partial charge in [0.1, 0.15) is 0 Å². The van der Waals surface area contributed by atoms with Crippen LogP contribution in [-0.2, 0) is 9.59 Å². The van der Waals surface area contributed by atoms with E-state index in [-0.39, 0.29) is 17.7 Å². The van der Waals surface area contributed by atoms with Crippen molar-refractivity contribution < 1.29 is 9.59 Å². The molecule has 0 bridgehead atoms. The number of hydrazone groups is 2. The van der Waals surface area contributed by atoms with Gasteiger partial charge in [-0.05, 0) is 19.4 Å². The highest BCUT2D eigenvalue weighted by Crippen LogP contribution is 2.37. The van der Waals surface area contributed by atoms with Crippen LogP contribution < -0.4 is 10.9 Å². The van der Waals surface area contributed by atoms with E-state index in [0.29, 0.717) is 11.4 Å². The largest absolute Gasteiger partial charge is 0.272 e. The van der Waals surface area contributed by atoms with Crippen molar-refractivity contribution in [2.24, 2.45) is 22.0 Å². The zero-order valence-corrected chi connectivity index (χ0v) is 11.8. The van der Waals surface area contributed by atoms with E-state index in [0.717, 1.165) is 5.56 Å². The second kappa shape index (κ2) is 5.12. The molecule has 0 spiro atoms. The molecule has 2 heterocycles. The molecule has 2 aliphatic heterocycles. The van der Waals surface area contributed by atoms with Gasteiger partial charge in [0, 0.05) is 17.3 Å². The van der Waals surface area contributed by atoms with Gasteiger partial charge in [-0.2, -0.15) is 10.2 Å². The summed E-state index contributed by atoms with van der Waals surface area (Å²) in [6.45, 7) is 3.61. The summed E-state index contributed by atoms with van der Waals surface area (Å²) < 4.78 is 0. The highest BCUT2D eigenvalue weighted by Gasteiger charge is 2.45. The molecule has 21 heavy (non-hydrogen) atoms. The molecular weight excluding hydrogens is 268 g/mol. The fourth-order valence-electron chi connectivity index (χ4n) is 3.04. The van der Waals surface area contributed by atoms with E-state index >= 15 is 0 Å². The van der Waals surface area contributed by atoms with Crippen molar-refractivity contribution in [1.82, 2.24) is 10.9 Å². The molecule has 0 unspecified atom stereocenters. The van der Waals surface area contributed by atoms with Crippen molar-refractivity contribution >= 4 is 23.2 Å². The molecule has 0 aliphatic carbocycles. The van der Waals surface area contributed by atoms with Crippen molar-refractivity contribution in [3.8, 4) is 0 Å². The lowest BCUT2D eigenvalue weighted by Crippen LogP contribution is -2.38. The Morgan fingerprint density at radius 3 is 1.76 bits per heavy atom. The van der Waals surface area contributed by atoms with Crippen molar-refractivity contribution in [2.45, 2.75) is 19.8 Å². The Morgan fingerprint density at radius 2 is 1.38 bits per heavy atom. The van der Waals surface area contributed by atoms with Crippen LogP contribution in [0.1, 0.15) is 25.3 Å².